The molecule has 0 spiro atoms. The molecule has 0 bridgehead atoms. The van der Waals surface area contributed by atoms with Crippen molar-refractivity contribution in [3.63, 3.8) is 0 Å². The first-order valence-electron chi connectivity index (χ1n) is 3.98. The molecule has 0 fully saturated rings. The van der Waals surface area contributed by atoms with Gasteiger partial charge in [-0.05, 0) is 12.8 Å². The van der Waals surface area contributed by atoms with Crippen molar-refractivity contribution >= 4 is 5.88 Å². The fraction of sp³-hybridized carbons (Fsp3) is 0.625. The zero-order valence-corrected chi connectivity index (χ0v) is 6.98. The summed E-state index contributed by atoms with van der Waals surface area (Å²) < 4.78 is 4.94. The van der Waals surface area contributed by atoms with E-state index in [1.165, 1.54) is 0 Å². The molecule has 0 aliphatic heterocycles. The van der Waals surface area contributed by atoms with Crippen molar-refractivity contribution < 1.29 is 4.52 Å². The minimum absolute atomic E-state index is 0.773. The first-order chi connectivity index (χ1) is 5.38. The highest BCUT2D eigenvalue weighted by molar-refractivity contribution is 5.38. The Morgan fingerprint density at radius 1 is 1.55 bits per heavy atom. The van der Waals surface area contributed by atoms with E-state index >= 15 is 0 Å². The molecule has 0 saturated heterocycles. The van der Waals surface area contributed by atoms with Gasteiger partial charge in [-0.25, -0.2) is 0 Å². The number of nitrogens with one attached hydrogen (secondary N) is 1. The summed E-state index contributed by atoms with van der Waals surface area (Å²) in [5, 5.41) is 6.72. The summed E-state index contributed by atoms with van der Waals surface area (Å²) in [7, 11) is 0. The van der Waals surface area contributed by atoms with Crippen LogP contribution in [-0.2, 0) is 6.42 Å². The van der Waals surface area contributed by atoms with Crippen LogP contribution in [0.1, 0.15) is 25.8 Å². The van der Waals surface area contributed by atoms with Crippen LogP contribution in [0.15, 0.2) is 4.52 Å². The molecule has 1 rings (SSSR count). The largest absolute Gasteiger partial charge is 0.354 e. The topological polar surface area (TPSA) is 38.1 Å². The zero-order chi connectivity index (χ0) is 8.10. The third-order valence-corrected chi connectivity index (χ3v) is 1.48. The van der Waals surface area contributed by atoms with Crippen LogP contribution < -0.4 is 5.32 Å². The van der Waals surface area contributed by atoms with Crippen molar-refractivity contribution in [3.8, 4) is 0 Å². The van der Waals surface area contributed by atoms with Gasteiger partial charge in [-0.1, -0.05) is 19.0 Å². The quantitative estimate of drug-likeness (QED) is 0.717. The maximum Gasteiger partial charge on any atom is 0.228 e. The third kappa shape index (κ3) is 1.97. The van der Waals surface area contributed by atoms with E-state index in [2.05, 4.69) is 30.5 Å². The van der Waals surface area contributed by atoms with Gasteiger partial charge < -0.3 is 9.84 Å². The molecule has 1 aromatic rings. The van der Waals surface area contributed by atoms with Crippen LogP contribution in [0.2, 0.25) is 0 Å². The maximum atomic E-state index is 4.94. The molecule has 1 aromatic heterocycles. The average molecular weight is 153 g/mol. The highest BCUT2D eigenvalue weighted by Gasteiger charge is 2.03. The summed E-state index contributed by atoms with van der Waals surface area (Å²) in [6.45, 7) is 5.09. The van der Waals surface area contributed by atoms with Crippen molar-refractivity contribution in [1.82, 2.24) is 5.16 Å². The van der Waals surface area contributed by atoms with E-state index in [1.807, 2.05) is 0 Å². The van der Waals surface area contributed by atoms with Gasteiger partial charge >= 0.3 is 0 Å². The first kappa shape index (κ1) is 8.11. The van der Waals surface area contributed by atoms with E-state index in [9.17, 15) is 0 Å². The Balaban J connectivity index is 2.54. The molecular weight excluding hydrogens is 140 g/mol. The fourth-order valence-corrected chi connectivity index (χ4v) is 0.847. The van der Waals surface area contributed by atoms with Crippen molar-refractivity contribution in [2.75, 3.05) is 11.9 Å². The second-order valence-corrected chi connectivity index (χ2v) is 2.38. The Labute approximate surface area is 66.8 Å². The number of hydrogen-bond donors (Lipinski definition) is 1. The molecule has 1 N–H and O–H groups in total. The molecule has 61 valence electrons. The van der Waals surface area contributed by atoms with Gasteiger partial charge in [0.25, 0.3) is 0 Å². The summed E-state index contributed by atoms with van der Waals surface area (Å²) in [5.74, 6) is 0.773. The lowest BCUT2D eigenvalue weighted by Gasteiger charge is -1.99. The number of nitrogens with zero attached hydrogens (tertiary/aromatic N) is 1. The lowest BCUT2D eigenvalue weighted by molar-refractivity contribution is 0.430. The Morgan fingerprint density at radius 3 is 3.00 bits per heavy atom. The molecule has 0 aromatic carbocycles. The average Bonchev–Trinajstić information content (AvgIpc) is 2.47. The first-order valence-corrected chi connectivity index (χ1v) is 3.98. The Bertz CT molecular complexity index is 208. The van der Waals surface area contributed by atoms with Crippen LogP contribution in [0.5, 0.6) is 0 Å². The van der Waals surface area contributed by atoms with E-state index in [0.29, 0.717) is 0 Å². The highest BCUT2D eigenvalue weighted by atomic mass is 16.5. The molecule has 0 aliphatic rings. The van der Waals surface area contributed by atoms with Gasteiger partial charge in [0.2, 0.25) is 5.88 Å². The molecule has 0 unspecified atom stereocenters. The molecule has 11 heavy (non-hydrogen) atoms. The summed E-state index contributed by atoms with van der Waals surface area (Å²) >= 11 is 0. The van der Waals surface area contributed by atoms with Gasteiger partial charge in [0, 0.05) is 12.1 Å². The standard InChI is InChI=1S/C8H13N2O/c1-3-5-9-8-7(4-2)6-10-11-8/h9H,3-5H2,1-2H3. The van der Waals surface area contributed by atoms with Gasteiger partial charge in [0.1, 0.15) is 6.20 Å². The predicted molar refractivity (Wildman–Crippen MR) is 43.5 cm³/mol. The third-order valence-electron chi connectivity index (χ3n) is 1.48. The SMILES string of the molecule is CCCNc1on[c]c1CC. The van der Waals surface area contributed by atoms with Crippen molar-refractivity contribution in [1.29, 1.82) is 0 Å². The maximum absolute atomic E-state index is 4.94. The van der Waals surface area contributed by atoms with Crippen LogP contribution >= 0.6 is 0 Å². The Kier molecular flexibility index (Phi) is 2.95. The monoisotopic (exact) mass is 153 g/mol. The molecule has 3 heteroatoms. The normalized spacial score (nSPS) is 10.0. The Morgan fingerprint density at radius 2 is 2.36 bits per heavy atom. The van der Waals surface area contributed by atoms with Gasteiger partial charge in [-0.2, -0.15) is 0 Å². The summed E-state index contributed by atoms with van der Waals surface area (Å²) in [5.41, 5.74) is 1.03. The molecule has 0 saturated carbocycles. The lowest BCUT2D eigenvalue weighted by atomic mass is 10.2. The summed E-state index contributed by atoms with van der Waals surface area (Å²) in [4.78, 5) is 0. The molecule has 1 heterocycles. The summed E-state index contributed by atoms with van der Waals surface area (Å²) in [6.07, 6.45) is 4.78. The molecular formula is C8H13N2O. The second-order valence-electron chi connectivity index (χ2n) is 2.38. The lowest BCUT2D eigenvalue weighted by Crippen LogP contribution is -2.00. The van der Waals surface area contributed by atoms with E-state index < -0.39 is 0 Å². The van der Waals surface area contributed by atoms with Crippen molar-refractivity contribution in [2.24, 2.45) is 0 Å². The minimum Gasteiger partial charge on any atom is -0.354 e. The molecule has 1 radical (unpaired) electrons. The van der Waals surface area contributed by atoms with Crippen LogP contribution in [0.4, 0.5) is 5.88 Å². The van der Waals surface area contributed by atoms with Crippen LogP contribution in [-0.4, -0.2) is 11.7 Å². The van der Waals surface area contributed by atoms with Gasteiger partial charge in [-0.15, -0.1) is 0 Å². The van der Waals surface area contributed by atoms with Gasteiger partial charge in [-0.3, -0.25) is 0 Å². The van der Waals surface area contributed by atoms with Crippen LogP contribution in [0.3, 0.4) is 0 Å². The highest BCUT2D eigenvalue weighted by Crippen LogP contribution is 2.13. The minimum atomic E-state index is 0.773. The number of anilines is 1. The van der Waals surface area contributed by atoms with Gasteiger partial charge in [0.05, 0.1) is 0 Å². The number of hydrogen-bond acceptors (Lipinski definition) is 3. The van der Waals surface area contributed by atoms with E-state index in [-0.39, 0.29) is 0 Å². The molecule has 0 amide bonds. The van der Waals surface area contributed by atoms with E-state index in [0.717, 1.165) is 30.8 Å². The van der Waals surface area contributed by atoms with Crippen LogP contribution in [0.25, 0.3) is 0 Å². The zero-order valence-electron chi connectivity index (χ0n) is 6.98. The van der Waals surface area contributed by atoms with E-state index in [1.54, 1.807) is 0 Å². The Hall–Kier alpha value is -0.990. The molecule has 0 aliphatic carbocycles. The smallest absolute Gasteiger partial charge is 0.228 e. The fourth-order valence-electron chi connectivity index (χ4n) is 0.847. The van der Waals surface area contributed by atoms with Gasteiger partial charge in [0.15, 0.2) is 0 Å². The van der Waals surface area contributed by atoms with Crippen molar-refractivity contribution in [2.45, 2.75) is 26.7 Å². The predicted octanol–water partition coefficient (Wildman–Crippen LogP) is 1.86. The summed E-state index contributed by atoms with van der Waals surface area (Å²) in [6, 6.07) is 0. The second kappa shape index (κ2) is 4.01. The number of aryl methyl sites for hydroxylation is 1. The van der Waals surface area contributed by atoms with E-state index in [4.69, 9.17) is 4.52 Å². The van der Waals surface area contributed by atoms with Crippen molar-refractivity contribution in [3.05, 3.63) is 11.8 Å². The number of aromatic nitrogens is 1. The van der Waals surface area contributed by atoms with Crippen LogP contribution in [0, 0.1) is 6.20 Å². The molecule has 0 atom stereocenters. The molecule has 3 nitrogen and oxygen atoms in total. The number of rotatable bonds is 4.